The summed E-state index contributed by atoms with van der Waals surface area (Å²) in [6.45, 7) is -0.834. The van der Waals surface area contributed by atoms with Crippen LogP contribution in [0.1, 0.15) is 40.7 Å². The first-order chi connectivity index (χ1) is 30.4. The Bertz CT molecular complexity index is 2290. The van der Waals surface area contributed by atoms with Gasteiger partial charge in [-0.1, -0.05) is 36.4 Å². The molecule has 0 radical (unpaired) electrons. The normalized spacial score (nSPS) is 25.9. The lowest BCUT2D eigenvalue weighted by Gasteiger charge is -2.43. The molecule has 0 amide bonds. The summed E-state index contributed by atoms with van der Waals surface area (Å²) < 4.78 is 42.7. The first kappa shape index (κ1) is 43.8. The highest BCUT2D eigenvalue weighted by Crippen LogP contribution is 2.59. The summed E-state index contributed by atoms with van der Waals surface area (Å²) in [6, 6.07) is 16.3. The van der Waals surface area contributed by atoms with Gasteiger partial charge in [0.05, 0.1) is 36.7 Å². The predicted octanol–water partition coefficient (Wildman–Crippen LogP) is -0.546. The van der Waals surface area contributed by atoms with Gasteiger partial charge in [0.1, 0.15) is 61.2 Å². The molecule has 5 heterocycles. The zero-order valence-corrected chi connectivity index (χ0v) is 33.6. The van der Waals surface area contributed by atoms with Crippen molar-refractivity contribution in [3.63, 3.8) is 0 Å². The van der Waals surface area contributed by atoms with Gasteiger partial charge in [-0.2, -0.15) is 0 Å². The summed E-state index contributed by atoms with van der Waals surface area (Å²) in [4.78, 5) is 30.0. The molecule has 1 fully saturated rings. The third kappa shape index (κ3) is 8.64. The third-order valence-electron chi connectivity index (χ3n) is 11.5. The van der Waals surface area contributed by atoms with E-state index in [-0.39, 0.29) is 43.6 Å². The van der Waals surface area contributed by atoms with Gasteiger partial charge in [-0.3, -0.25) is 14.6 Å². The number of nitrogens with two attached hydrogens (primary N) is 2. The minimum atomic E-state index is -1.94. The zero-order chi connectivity index (χ0) is 44.5. The molecule has 0 bridgehead atoms. The molecule has 1 saturated heterocycles. The van der Waals surface area contributed by atoms with Gasteiger partial charge in [0, 0.05) is 48.5 Å². The third-order valence-corrected chi connectivity index (χ3v) is 11.5. The minimum absolute atomic E-state index is 0.0551. The maximum absolute atomic E-state index is 12.4. The molecule has 5 aliphatic rings. The number of fused-ring (bicyclic) bond motifs is 6. The Labute approximate surface area is 359 Å². The lowest BCUT2D eigenvalue weighted by atomic mass is 9.80. The number of carboxylic acids is 1. The van der Waals surface area contributed by atoms with Crippen molar-refractivity contribution in [1.29, 1.82) is 0 Å². The predicted molar refractivity (Wildman–Crippen MR) is 217 cm³/mol. The highest BCUT2D eigenvalue weighted by molar-refractivity contribution is 5.90. The number of aliphatic hydroxyl groups is 6. The van der Waals surface area contributed by atoms with Crippen LogP contribution in [0.3, 0.4) is 0 Å². The monoisotopic (exact) mass is 876 g/mol. The molecular formula is C43H48N4O16. The molecule has 8 rings (SSSR count). The van der Waals surface area contributed by atoms with Crippen molar-refractivity contribution in [2.75, 3.05) is 33.2 Å². The molecule has 9 atom stereocenters. The van der Waals surface area contributed by atoms with E-state index >= 15 is 0 Å². The van der Waals surface area contributed by atoms with E-state index in [9.17, 15) is 40.2 Å². The number of nitrogens with zero attached hydrogens (tertiary/aromatic N) is 2. The molecule has 0 saturated carbocycles. The number of aliphatic carboxylic acids is 1. The van der Waals surface area contributed by atoms with Crippen LogP contribution in [0.4, 0.5) is 0 Å². The molecule has 336 valence electrons. The number of carbonyl (C=O) groups is 2. The highest BCUT2D eigenvalue weighted by atomic mass is 16.7. The molecule has 3 aromatic rings. The van der Waals surface area contributed by atoms with Crippen LogP contribution in [0.25, 0.3) is 0 Å². The van der Waals surface area contributed by atoms with Gasteiger partial charge in [0.25, 0.3) is 0 Å². The number of aliphatic imine (C=N–C) groups is 1. The number of rotatable bonds is 17. The van der Waals surface area contributed by atoms with Gasteiger partial charge in [-0.05, 0) is 29.3 Å². The quantitative estimate of drug-likeness (QED) is 0.0467. The maximum atomic E-state index is 12.4. The number of hydrogen-bond donors (Lipinski definition) is 9. The van der Waals surface area contributed by atoms with Crippen LogP contribution < -0.4 is 35.2 Å². The van der Waals surface area contributed by atoms with Crippen LogP contribution in [-0.2, 0) is 32.0 Å². The van der Waals surface area contributed by atoms with E-state index in [1.807, 2.05) is 47.4 Å². The largest absolute Gasteiger partial charge is 0.489 e. The Morgan fingerprint density at radius 3 is 2.48 bits per heavy atom. The second-order valence-electron chi connectivity index (χ2n) is 15.5. The van der Waals surface area contributed by atoms with Gasteiger partial charge < -0.3 is 85.3 Å². The number of carboxylic acid groups (broad SMARTS) is 1. The lowest BCUT2D eigenvalue weighted by molar-refractivity contribution is -0.291. The van der Waals surface area contributed by atoms with E-state index in [2.05, 4.69) is 4.99 Å². The molecule has 20 heteroatoms. The molecule has 20 nitrogen and oxygen atoms in total. The van der Waals surface area contributed by atoms with E-state index in [1.165, 1.54) is 0 Å². The standard InChI is InChI=1S/C43H48N4O16/c44-42(45)41(61-30(53)15-29(51)52)40-35(55)34(54)36(56)43(63-40)59-23-13-22(17-47-16-21-8-9-46-33(21)25(47)18-49)31-28(14-23)60-27(12-20-4-2-1-3-5-20)32-24-6-7-26(58-19-50)38(57-11-10-48)37(24)62-39(31)32/h1-9,13-14,27,32,34-36,39-43,48-50,54-56H,10-12,15-19,44-45H2,(H,51,52). The van der Waals surface area contributed by atoms with E-state index in [0.717, 1.165) is 16.7 Å². The minimum Gasteiger partial charge on any atom is -0.489 e. The molecule has 0 spiro atoms. The number of ether oxygens (including phenoxy) is 7. The summed E-state index contributed by atoms with van der Waals surface area (Å²) in [5.41, 5.74) is 16.7. The van der Waals surface area contributed by atoms with Crippen LogP contribution in [0.5, 0.6) is 28.7 Å². The van der Waals surface area contributed by atoms with Crippen molar-refractivity contribution in [2.45, 2.75) is 80.5 Å². The Morgan fingerprint density at radius 2 is 1.76 bits per heavy atom. The number of hydrogen-bond acceptors (Lipinski definition) is 19. The topological polar surface area (TPSA) is 308 Å². The van der Waals surface area contributed by atoms with Gasteiger partial charge >= 0.3 is 11.9 Å². The van der Waals surface area contributed by atoms with Crippen LogP contribution in [0, 0.1) is 0 Å². The van der Waals surface area contributed by atoms with Gasteiger partial charge in [0.2, 0.25) is 12.0 Å². The Morgan fingerprint density at radius 1 is 0.968 bits per heavy atom. The molecule has 63 heavy (non-hydrogen) atoms. The summed E-state index contributed by atoms with van der Waals surface area (Å²) in [5, 5.41) is 72.3. The first-order valence-electron chi connectivity index (χ1n) is 20.2. The Kier molecular flexibility index (Phi) is 12.9. The van der Waals surface area contributed by atoms with Gasteiger partial charge in [-0.25, -0.2) is 0 Å². The number of allylic oxidation sites excluding steroid dienone is 1. The van der Waals surface area contributed by atoms with Crippen molar-refractivity contribution >= 4 is 18.2 Å². The van der Waals surface area contributed by atoms with Gasteiger partial charge in [-0.15, -0.1) is 0 Å². The number of esters is 1. The summed E-state index contributed by atoms with van der Waals surface area (Å²) in [7, 11) is 0. The fraction of sp³-hybridized carbons (Fsp3) is 0.419. The molecule has 5 aliphatic heterocycles. The van der Waals surface area contributed by atoms with Crippen LogP contribution >= 0.6 is 0 Å². The van der Waals surface area contributed by atoms with Gasteiger partial charge in [0.15, 0.2) is 24.4 Å². The highest BCUT2D eigenvalue weighted by Gasteiger charge is 2.52. The molecular weight excluding hydrogens is 828 g/mol. The molecule has 0 aromatic heterocycles. The SMILES string of the molecule is NC(N)C(OC(=O)CC(=O)O)C1OC(Oc2cc(CN3CC4=CC=NC4=C3CO)c3c(c2)OC(Cc2ccccc2)C2c4ccc(OCO)c(OCCO)c4OC32)C(O)C(O)C1O. The smallest absolute Gasteiger partial charge is 0.317 e. The first-order valence-corrected chi connectivity index (χ1v) is 20.2. The van der Waals surface area contributed by atoms with Crippen molar-refractivity contribution < 1.29 is 78.5 Å². The number of aliphatic hydroxyl groups excluding tert-OH is 6. The van der Waals surface area contributed by atoms with Crippen molar-refractivity contribution in [3.05, 3.63) is 99.9 Å². The van der Waals surface area contributed by atoms with Crippen molar-refractivity contribution in [1.82, 2.24) is 4.90 Å². The molecule has 3 aromatic carbocycles. The van der Waals surface area contributed by atoms with E-state index in [4.69, 9.17) is 49.7 Å². The Balaban J connectivity index is 1.22. The fourth-order valence-electron chi connectivity index (χ4n) is 8.73. The summed E-state index contributed by atoms with van der Waals surface area (Å²) in [5.74, 6) is -2.14. The average molecular weight is 877 g/mol. The number of benzene rings is 3. The maximum Gasteiger partial charge on any atom is 0.317 e. The van der Waals surface area contributed by atoms with Crippen molar-refractivity contribution in [2.24, 2.45) is 16.5 Å². The van der Waals surface area contributed by atoms with Crippen LogP contribution in [0.2, 0.25) is 0 Å². The Hall–Kier alpha value is -5.81. The summed E-state index contributed by atoms with van der Waals surface area (Å²) >= 11 is 0. The van der Waals surface area contributed by atoms with E-state index in [1.54, 1.807) is 24.4 Å². The van der Waals surface area contributed by atoms with Crippen LogP contribution in [-0.4, -0.2) is 141 Å². The average Bonchev–Trinajstić information content (AvgIpc) is 3.96. The summed E-state index contributed by atoms with van der Waals surface area (Å²) in [6.07, 6.45) is -10.9. The molecule has 11 N–H and O–H groups in total. The van der Waals surface area contributed by atoms with E-state index < -0.39 is 86.3 Å². The second kappa shape index (κ2) is 18.5. The molecule has 0 aliphatic carbocycles. The molecule has 9 unspecified atom stereocenters. The zero-order valence-electron chi connectivity index (χ0n) is 33.6. The second-order valence-corrected chi connectivity index (χ2v) is 15.5. The lowest BCUT2D eigenvalue weighted by Crippen LogP contribution is -2.66. The van der Waals surface area contributed by atoms with Crippen LogP contribution in [0.15, 0.2) is 82.6 Å². The number of carbonyl (C=O) groups excluding carboxylic acids is 1. The van der Waals surface area contributed by atoms with E-state index in [0.29, 0.717) is 47.0 Å². The fourth-order valence-corrected chi connectivity index (χ4v) is 8.73. The van der Waals surface area contributed by atoms with Crippen molar-refractivity contribution in [3.8, 4) is 28.7 Å².